The average molecular weight is 363 g/mol. The lowest BCUT2D eigenvalue weighted by molar-refractivity contribution is -0.139. The molecule has 0 aromatic heterocycles. The highest BCUT2D eigenvalue weighted by atomic mass is 79.9. The zero-order valence-corrected chi connectivity index (χ0v) is 11.1. The summed E-state index contributed by atoms with van der Waals surface area (Å²) in [7, 11) is 0. The SMILES string of the molecule is Nc1cc(Br)c(OCCC(F)(F)F)c(Br)c1. The molecule has 1 aromatic carbocycles. The first-order valence-corrected chi connectivity index (χ1v) is 5.82. The highest BCUT2D eigenvalue weighted by molar-refractivity contribution is 9.11. The molecule has 2 nitrogen and oxygen atoms in total. The van der Waals surface area contributed by atoms with Crippen LogP contribution in [0, 0.1) is 0 Å². The molecule has 0 heterocycles. The quantitative estimate of drug-likeness (QED) is 0.820. The summed E-state index contributed by atoms with van der Waals surface area (Å²) in [6.45, 7) is -0.426. The van der Waals surface area contributed by atoms with Gasteiger partial charge in [0, 0.05) is 5.69 Å². The number of alkyl halides is 3. The van der Waals surface area contributed by atoms with Crippen LogP contribution >= 0.6 is 31.9 Å². The largest absolute Gasteiger partial charge is 0.491 e. The molecule has 7 heteroatoms. The van der Waals surface area contributed by atoms with Crippen LogP contribution in [-0.4, -0.2) is 12.8 Å². The third-order valence-electron chi connectivity index (χ3n) is 1.65. The van der Waals surface area contributed by atoms with E-state index in [2.05, 4.69) is 31.9 Å². The van der Waals surface area contributed by atoms with E-state index in [9.17, 15) is 13.2 Å². The van der Waals surface area contributed by atoms with E-state index in [0.717, 1.165) is 0 Å². The lowest BCUT2D eigenvalue weighted by Crippen LogP contribution is -2.13. The van der Waals surface area contributed by atoms with Crippen molar-refractivity contribution in [3.63, 3.8) is 0 Å². The summed E-state index contributed by atoms with van der Waals surface area (Å²) in [6, 6.07) is 3.13. The van der Waals surface area contributed by atoms with Crippen molar-refractivity contribution in [1.82, 2.24) is 0 Å². The number of nitrogens with two attached hydrogens (primary N) is 1. The summed E-state index contributed by atoms with van der Waals surface area (Å²) in [4.78, 5) is 0. The molecule has 0 atom stereocenters. The molecule has 0 amide bonds. The zero-order chi connectivity index (χ0) is 12.3. The van der Waals surface area contributed by atoms with Gasteiger partial charge in [0.15, 0.2) is 0 Å². The highest BCUT2D eigenvalue weighted by Gasteiger charge is 2.27. The Morgan fingerprint density at radius 1 is 1.19 bits per heavy atom. The van der Waals surface area contributed by atoms with Crippen LogP contribution in [0.25, 0.3) is 0 Å². The first kappa shape index (κ1) is 13.6. The van der Waals surface area contributed by atoms with Crippen molar-refractivity contribution < 1.29 is 17.9 Å². The number of nitrogen functional groups attached to an aromatic ring is 1. The maximum Gasteiger partial charge on any atom is 0.392 e. The molecule has 0 bridgehead atoms. The summed E-state index contributed by atoms with van der Waals surface area (Å²) < 4.78 is 41.8. The molecule has 1 aromatic rings. The van der Waals surface area contributed by atoms with E-state index in [4.69, 9.17) is 10.5 Å². The predicted octanol–water partition coefficient (Wildman–Crippen LogP) is 4.13. The number of benzene rings is 1. The first-order chi connectivity index (χ1) is 7.29. The summed E-state index contributed by atoms with van der Waals surface area (Å²) >= 11 is 6.32. The maximum atomic E-state index is 11.9. The van der Waals surface area contributed by atoms with E-state index in [1.807, 2.05) is 0 Å². The van der Waals surface area contributed by atoms with E-state index >= 15 is 0 Å². The normalized spacial score (nSPS) is 11.6. The highest BCUT2D eigenvalue weighted by Crippen LogP contribution is 2.36. The Balaban J connectivity index is 2.68. The number of rotatable bonds is 3. The Morgan fingerprint density at radius 3 is 2.12 bits per heavy atom. The second kappa shape index (κ2) is 5.27. The lowest BCUT2D eigenvalue weighted by Gasteiger charge is -2.12. The molecule has 0 unspecified atom stereocenters. The molecule has 16 heavy (non-hydrogen) atoms. The van der Waals surface area contributed by atoms with Crippen molar-refractivity contribution in [3.8, 4) is 5.75 Å². The van der Waals surface area contributed by atoms with Gasteiger partial charge in [0.1, 0.15) is 5.75 Å². The number of hydrogen-bond donors (Lipinski definition) is 1. The van der Waals surface area contributed by atoms with Gasteiger partial charge in [0.25, 0.3) is 0 Å². The monoisotopic (exact) mass is 361 g/mol. The van der Waals surface area contributed by atoms with Crippen LogP contribution < -0.4 is 10.5 Å². The minimum Gasteiger partial charge on any atom is -0.491 e. The van der Waals surface area contributed by atoms with Gasteiger partial charge in [0.2, 0.25) is 0 Å². The van der Waals surface area contributed by atoms with Crippen molar-refractivity contribution in [2.45, 2.75) is 12.6 Å². The Hall–Kier alpha value is -0.430. The molecule has 0 spiro atoms. The van der Waals surface area contributed by atoms with Gasteiger partial charge in [-0.2, -0.15) is 13.2 Å². The third-order valence-corrected chi connectivity index (χ3v) is 2.83. The molecule has 90 valence electrons. The number of anilines is 1. The summed E-state index contributed by atoms with van der Waals surface area (Å²) in [6.07, 6.45) is -5.21. The van der Waals surface area contributed by atoms with Crippen LogP contribution in [0.3, 0.4) is 0 Å². The van der Waals surface area contributed by atoms with Crippen LogP contribution in [0.1, 0.15) is 6.42 Å². The van der Waals surface area contributed by atoms with Gasteiger partial charge >= 0.3 is 6.18 Å². The van der Waals surface area contributed by atoms with Crippen molar-refractivity contribution in [3.05, 3.63) is 21.1 Å². The zero-order valence-electron chi connectivity index (χ0n) is 7.94. The Labute approximate surface area is 107 Å². The predicted molar refractivity (Wildman–Crippen MR) is 62.4 cm³/mol. The fourth-order valence-electron chi connectivity index (χ4n) is 0.986. The van der Waals surface area contributed by atoms with Crippen LogP contribution in [-0.2, 0) is 0 Å². The van der Waals surface area contributed by atoms with Crippen molar-refractivity contribution >= 4 is 37.5 Å². The van der Waals surface area contributed by atoms with Gasteiger partial charge in [-0.3, -0.25) is 0 Å². The molecular formula is C9H8Br2F3NO. The second-order valence-electron chi connectivity index (χ2n) is 3.03. The fraction of sp³-hybridized carbons (Fsp3) is 0.333. The molecule has 0 aliphatic heterocycles. The van der Waals surface area contributed by atoms with Crippen LogP contribution in [0.15, 0.2) is 21.1 Å². The van der Waals surface area contributed by atoms with Gasteiger partial charge in [-0.15, -0.1) is 0 Å². The van der Waals surface area contributed by atoms with Crippen LogP contribution in [0.2, 0.25) is 0 Å². The van der Waals surface area contributed by atoms with Crippen LogP contribution in [0.5, 0.6) is 5.75 Å². The van der Waals surface area contributed by atoms with Gasteiger partial charge in [0.05, 0.1) is 22.0 Å². The Morgan fingerprint density at radius 2 is 1.69 bits per heavy atom. The minimum absolute atomic E-state index is 0.318. The van der Waals surface area contributed by atoms with Gasteiger partial charge in [-0.1, -0.05) is 0 Å². The summed E-state index contributed by atoms with van der Waals surface area (Å²) in [5.41, 5.74) is 6.02. The molecule has 0 saturated carbocycles. The molecule has 0 aliphatic rings. The molecule has 1 rings (SSSR count). The van der Waals surface area contributed by atoms with Crippen molar-refractivity contribution in [2.24, 2.45) is 0 Å². The average Bonchev–Trinajstić information content (AvgIpc) is 2.07. The first-order valence-electron chi connectivity index (χ1n) is 4.23. The Kier molecular flexibility index (Phi) is 4.49. The van der Waals surface area contributed by atoms with E-state index < -0.39 is 19.2 Å². The van der Waals surface area contributed by atoms with Crippen LogP contribution in [0.4, 0.5) is 18.9 Å². The Bertz CT molecular complexity index is 359. The van der Waals surface area contributed by atoms with Crippen molar-refractivity contribution in [1.29, 1.82) is 0 Å². The molecule has 0 radical (unpaired) electrons. The summed E-state index contributed by atoms with van der Waals surface area (Å²) in [5, 5.41) is 0. The molecule has 0 aliphatic carbocycles. The molecule has 0 fully saturated rings. The van der Waals surface area contributed by atoms with Crippen molar-refractivity contribution in [2.75, 3.05) is 12.3 Å². The second-order valence-corrected chi connectivity index (χ2v) is 4.74. The molecule has 0 saturated heterocycles. The van der Waals surface area contributed by atoms with Gasteiger partial charge < -0.3 is 10.5 Å². The number of hydrogen-bond acceptors (Lipinski definition) is 2. The third kappa shape index (κ3) is 4.21. The topological polar surface area (TPSA) is 35.2 Å². The van der Waals surface area contributed by atoms with E-state index in [1.54, 1.807) is 12.1 Å². The maximum absolute atomic E-state index is 11.9. The van der Waals surface area contributed by atoms with Gasteiger partial charge in [-0.25, -0.2) is 0 Å². The fourth-order valence-corrected chi connectivity index (χ4v) is 2.44. The standard InChI is InChI=1S/C9H8Br2F3NO/c10-6-3-5(15)4-7(11)8(6)16-2-1-9(12,13)14/h3-4H,1-2,15H2. The molecular weight excluding hydrogens is 355 g/mol. The van der Waals surface area contributed by atoms with E-state index in [-0.39, 0.29) is 0 Å². The smallest absolute Gasteiger partial charge is 0.392 e. The van der Waals surface area contributed by atoms with Gasteiger partial charge in [-0.05, 0) is 44.0 Å². The minimum atomic E-state index is -4.22. The van der Waals surface area contributed by atoms with E-state index in [1.165, 1.54) is 0 Å². The lowest BCUT2D eigenvalue weighted by atomic mass is 10.3. The molecule has 2 N–H and O–H groups in total. The number of halogens is 5. The summed E-state index contributed by atoms with van der Waals surface area (Å²) in [5.74, 6) is 0.318. The number of ether oxygens (including phenoxy) is 1. The van der Waals surface area contributed by atoms with E-state index in [0.29, 0.717) is 20.4 Å².